The lowest BCUT2D eigenvalue weighted by molar-refractivity contribution is -0.140. The fraction of sp³-hybridized carbons (Fsp3) is 0.0833. The van der Waals surface area contributed by atoms with Crippen LogP contribution < -0.4 is 5.32 Å². The van der Waals surface area contributed by atoms with Gasteiger partial charge in [-0.1, -0.05) is 18.2 Å². The van der Waals surface area contributed by atoms with E-state index in [2.05, 4.69) is 5.32 Å². The number of carboxylic acid groups (broad SMARTS) is 2. The summed E-state index contributed by atoms with van der Waals surface area (Å²) in [5, 5.41) is 19.9. The molecule has 1 aromatic rings. The number of carbonyl (C=O) groups excluding carboxylic acids is 1. The van der Waals surface area contributed by atoms with Gasteiger partial charge in [-0.25, -0.2) is 4.79 Å². The number of para-hydroxylation sites is 1. The van der Waals surface area contributed by atoms with Crippen molar-refractivity contribution in [3.8, 4) is 0 Å². The predicted octanol–water partition coefficient (Wildman–Crippen LogP) is 1.11. The lowest BCUT2D eigenvalue weighted by atomic mass is 10.1. The van der Waals surface area contributed by atoms with Crippen molar-refractivity contribution in [2.75, 3.05) is 5.32 Å². The zero-order chi connectivity index (χ0) is 13.5. The lowest BCUT2D eigenvalue weighted by Gasteiger charge is -2.02. The molecule has 1 aromatic carbocycles. The van der Waals surface area contributed by atoms with E-state index in [4.69, 9.17) is 10.2 Å². The number of benzene rings is 1. The first kappa shape index (κ1) is 13.4. The van der Waals surface area contributed by atoms with Crippen LogP contribution in [0.1, 0.15) is 6.42 Å². The van der Waals surface area contributed by atoms with E-state index >= 15 is 0 Å². The summed E-state index contributed by atoms with van der Waals surface area (Å²) in [5.41, 5.74) is 0.000582. The number of Topliss-reactive ketones (excluding diaryl/α,β-unsaturated/α-hetero) is 1. The highest BCUT2D eigenvalue weighted by molar-refractivity contribution is 6.20. The van der Waals surface area contributed by atoms with Crippen molar-refractivity contribution in [2.45, 2.75) is 6.42 Å². The molecule has 0 fully saturated rings. The second-order valence-electron chi connectivity index (χ2n) is 3.37. The molecule has 0 heterocycles. The maximum absolute atomic E-state index is 11.3. The van der Waals surface area contributed by atoms with Crippen LogP contribution in [0.4, 0.5) is 5.69 Å². The Bertz CT molecular complexity index is 492. The number of rotatable bonds is 6. The van der Waals surface area contributed by atoms with E-state index < -0.39 is 29.7 Å². The van der Waals surface area contributed by atoms with E-state index in [1.165, 1.54) is 0 Å². The van der Waals surface area contributed by atoms with Crippen LogP contribution in [0, 0.1) is 0 Å². The first-order chi connectivity index (χ1) is 8.50. The van der Waals surface area contributed by atoms with Crippen LogP contribution in [-0.4, -0.2) is 27.9 Å². The van der Waals surface area contributed by atoms with Crippen molar-refractivity contribution in [3.05, 3.63) is 42.1 Å². The normalized spacial score (nSPS) is 10.8. The summed E-state index contributed by atoms with van der Waals surface area (Å²) in [5.74, 6) is -3.80. The maximum Gasteiger partial charge on any atom is 0.340 e. The van der Waals surface area contributed by atoms with Gasteiger partial charge in [0.2, 0.25) is 0 Å². The van der Waals surface area contributed by atoms with E-state index in [9.17, 15) is 14.4 Å². The highest BCUT2D eigenvalue weighted by Crippen LogP contribution is 2.07. The molecule has 0 amide bonds. The SMILES string of the molecule is O=C(O)CC(=O)C(=CNc1ccccc1)C(=O)O. The highest BCUT2D eigenvalue weighted by atomic mass is 16.4. The molecule has 0 radical (unpaired) electrons. The third kappa shape index (κ3) is 4.09. The Morgan fingerprint density at radius 3 is 2.22 bits per heavy atom. The first-order valence-corrected chi connectivity index (χ1v) is 5.00. The van der Waals surface area contributed by atoms with Gasteiger partial charge in [-0.05, 0) is 12.1 Å². The van der Waals surface area contributed by atoms with Crippen molar-refractivity contribution < 1.29 is 24.6 Å². The zero-order valence-corrected chi connectivity index (χ0v) is 9.29. The summed E-state index contributed by atoms with van der Waals surface area (Å²) in [6.45, 7) is 0. The molecule has 0 aliphatic carbocycles. The molecule has 0 atom stereocenters. The third-order valence-electron chi connectivity index (χ3n) is 2.00. The monoisotopic (exact) mass is 249 g/mol. The molecular formula is C12H11NO5. The summed E-state index contributed by atoms with van der Waals surface area (Å²) < 4.78 is 0. The Morgan fingerprint density at radius 2 is 1.72 bits per heavy atom. The molecule has 0 aliphatic heterocycles. The molecule has 0 unspecified atom stereocenters. The van der Waals surface area contributed by atoms with Gasteiger partial charge in [0.05, 0.1) is 0 Å². The van der Waals surface area contributed by atoms with Gasteiger partial charge in [-0.2, -0.15) is 0 Å². The zero-order valence-electron chi connectivity index (χ0n) is 9.29. The Balaban J connectivity index is 2.82. The molecule has 0 saturated heterocycles. The van der Waals surface area contributed by atoms with Gasteiger partial charge >= 0.3 is 11.9 Å². The highest BCUT2D eigenvalue weighted by Gasteiger charge is 2.19. The number of carbonyl (C=O) groups is 3. The minimum Gasteiger partial charge on any atom is -0.481 e. The van der Waals surface area contributed by atoms with Crippen LogP contribution in [0.15, 0.2) is 42.1 Å². The van der Waals surface area contributed by atoms with Gasteiger partial charge in [0.25, 0.3) is 0 Å². The van der Waals surface area contributed by atoms with Gasteiger partial charge in [0.1, 0.15) is 12.0 Å². The first-order valence-electron chi connectivity index (χ1n) is 5.00. The number of ketones is 1. The molecule has 1 rings (SSSR count). The van der Waals surface area contributed by atoms with Gasteiger partial charge in [-0.3, -0.25) is 9.59 Å². The summed E-state index contributed by atoms with van der Waals surface area (Å²) >= 11 is 0. The van der Waals surface area contributed by atoms with Gasteiger partial charge in [0, 0.05) is 11.9 Å². The number of carboxylic acids is 2. The molecule has 6 heteroatoms. The van der Waals surface area contributed by atoms with Crippen LogP contribution in [0.2, 0.25) is 0 Å². The number of anilines is 1. The maximum atomic E-state index is 11.3. The van der Waals surface area contributed by atoms with E-state index in [0.717, 1.165) is 6.20 Å². The fourth-order valence-corrected chi connectivity index (χ4v) is 1.18. The van der Waals surface area contributed by atoms with Crippen LogP contribution in [0.25, 0.3) is 0 Å². The molecule has 0 bridgehead atoms. The lowest BCUT2D eigenvalue weighted by Crippen LogP contribution is -2.17. The smallest absolute Gasteiger partial charge is 0.340 e. The van der Waals surface area contributed by atoms with Crippen LogP contribution in [0.5, 0.6) is 0 Å². The fourth-order valence-electron chi connectivity index (χ4n) is 1.18. The van der Waals surface area contributed by atoms with E-state index in [-0.39, 0.29) is 0 Å². The van der Waals surface area contributed by atoms with E-state index in [0.29, 0.717) is 5.69 Å². The number of nitrogens with one attached hydrogen (secondary N) is 1. The Morgan fingerprint density at radius 1 is 1.11 bits per heavy atom. The van der Waals surface area contributed by atoms with Crippen molar-refractivity contribution in [1.29, 1.82) is 0 Å². The minimum absolute atomic E-state index is 0.596. The predicted molar refractivity (Wildman–Crippen MR) is 63.0 cm³/mol. The molecule has 0 aromatic heterocycles. The van der Waals surface area contributed by atoms with Gasteiger partial charge < -0.3 is 15.5 Å². The third-order valence-corrected chi connectivity index (χ3v) is 2.00. The van der Waals surface area contributed by atoms with Gasteiger partial charge in [0.15, 0.2) is 5.78 Å². The average molecular weight is 249 g/mol. The molecule has 3 N–H and O–H groups in total. The van der Waals surface area contributed by atoms with Crippen molar-refractivity contribution >= 4 is 23.4 Å². The number of hydrogen-bond acceptors (Lipinski definition) is 4. The molecule has 18 heavy (non-hydrogen) atoms. The summed E-state index contributed by atoms with van der Waals surface area (Å²) in [7, 11) is 0. The number of aliphatic carboxylic acids is 2. The van der Waals surface area contributed by atoms with Crippen LogP contribution in [-0.2, 0) is 14.4 Å². The van der Waals surface area contributed by atoms with Crippen molar-refractivity contribution in [2.24, 2.45) is 0 Å². The molecular weight excluding hydrogens is 238 g/mol. The Hall–Kier alpha value is -2.63. The second-order valence-corrected chi connectivity index (χ2v) is 3.37. The second kappa shape index (κ2) is 6.19. The van der Waals surface area contributed by atoms with E-state index in [1.807, 2.05) is 0 Å². The van der Waals surface area contributed by atoms with Gasteiger partial charge in [-0.15, -0.1) is 0 Å². The molecule has 0 aliphatic rings. The van der Waals surface area contributed by atoms with E-state index in [1.54, 1.807) is 30.3 Å². The molecule has 6 nitrogen and oxygen atoms in total. The molecule has 0 spiro atoms. The largest absolute Gasteiger partial charge is 0.481 e. The summed E-state index contributed by atoms with van der Waals surface area (Å²) in [6.07, 6.45) is 0.136. The quantitative estimate of drug-likeness (QED) is 0.396. The standard InChI is InChI=1S/C12H11NO5/c14-10(6-11(15)16)9(12(17)18)7-13-8-4-2-1-3-5-8/h1-5,7,13H,6H2,(H,15,16)(H,17,18). The molecule has 94 valence electrons. The topological polar surface area (TPSA) is 104 Å². The summed E-state index contributed by atoms with van der Waals surface area (Å²) in [4.78, 5) is 32.5. The average Bonchev–Trinajstić information content (AvgIpc) is 2.29. The van der Waals surface area contributed by atoms with Crippen LogP contribution in [0.3, 0.4) is 0 Å². The Labute approximate surface area is 103 Å². The Kier molecular flexibility index (Phi) is 4.62. The number of hydrogen-bond donors (Lipinski definition) is 3. The summed E-state index contributed by atoms with van der Waals surface area (Å²) in [6, 6.07) is 8.60. The minimum atomic E-state index is -1.47. The van der Waals surface area contributed by atoms with Crippen molar-refractivity contribution in [3.63, 3.8) is 0 Å². The molecule has 0 saturated carbocycles. The van der Waals surface area contributed by atoms with Crippen LogP contribution >= 0.6 is 0 Å². The van der Waals surface area contributed by atoms with Crippen molar-refractivity contribution in [1.82, 2.24) is 0 Å².